The molecule has 0 heterocycles. The highest BCUT2D eigenvalue weighted by Gasteiger charge is 2.28. The molecular formula is C20H38N2. The van der Waals surface area contributed by atoms with Gasteiger partial charge in [0, 0.05) is 31.2 Å². The molecule has 0 aromatic rings. The maximum atomic E-state index is 3.89. The fraction of sp³-hybridized carbons (Fsp3) is 1.00. The molecule has 0 bridgehead atoms. The van der Waals surface area contributed by atoms with Gasteiger partial charge in [0.2, 0.25) is 0 Å². The maximum Gasteiger partial charge on any atom is 0.0113 e. The topological polar surface area (TPSA) is 15.3 Å². The van der Waals surface area contributed by atoms with Crippen molar-refractivity contribution in [2.75, 3.05) is 13.1 Å². The minimum atomic E-state index is 0.827. The van der Waals surface area contributed by atoms with Crippen molar-refractivity contribution in [3.63, 3.8) is 0 Å². The van der Waals surface area contributed by atoms with E-state index in [1.54, 1.807) is 0 Å². The van der Waals surface area contributed by atoms with Gasteiger partial charge in [-0.05, 0) is 38.5 Å². The first-order chi connectivity index (χ1) is 10.9. The van der Waals surface area contributed by atoms with Crippen LogP contribution in [0.5, 0.6) is 0 Å². The molecule has 3 rings (SSSR count). The summed E-state index contributed by atoms with van der Waals surface area (Å²) in [4.78, 5) is 2.95. The molecule has 1 N–H and O–H groups in total. The van der Waals surface area contributed by atoms with E-state index in [2.05, 4.69) is 10.2 Å². The van der Waals surface area contributed by atoms with Crippen molar-refractivity contribution in [3.8, 4) is 0 Å². The van der Waals surface area contributed by atoms with Gasteiger partial charge in [0.1, 0.15) is 0 Å². The predicted molar refractivity (Wildman–Crippen MR) is 95.3 cm³/mol. The highest BCUT2D eigenvalue weighted by atomic mass is 15.2. The van der Waals surface area contributed by atoms with Gasteiger partial charge in [0.15, 0.2) is 0 Å². The average Bonchev–Trinajstić information content (AvgIpc) is 2.61. The van der Waals surface area contributed by atoms with Gasteiger partial charge in [-0.1, -0.05) is 57.8 Å². The van der Waals surface area contributed by atoms with E-state index in [1.807, 2.05) is 0 Å². The van der Waals surface area contributed by atoms with Crippen LogP contribution in [0, 0.1) is 0 Å². The zero-order valence-electron chi connectivity index (χ0n) is 14.7. The Labute approximate surface area is 138 Å². The van der Waals surface area contributed by atoms with Crippen LogP contribution in [0.25, 0.3) is 0 Å². The summed E-state index contributed by atoms with van der Waals surface area (Å²) in [6, 6.07) is 2.64. The molecule has 0 spiro atoms. The largest absolute Gasteiger partial charge is 0.313 e. The van der Waals surface area contributed by atoms with Crippen LogP contribution in [0.3, 0.4) is 0 Å². The molecule has 3 aliphatic carbocycles. The maximum absolute atomic E-state index is 3.89. The van der Waals surface area contributed by atoms with E-state index in [9.17, 15) is 0 Å². The Bertz CT molecular complexity index is 268. The molecule has 0 unspecified atom stereocenters. The summed E-state index contributed by atoms with van der Waals surface area (Å²) in [6.07, 6.45) is 22.0. The first-order valence-electron chi connectivity index (χ1n) is 10.4. The first kappa shape index (κ1) is 16.8. The molecule has 22 heavy (non-hydrogen) atoms. The molecule has 0 radical (unpaired) electrons. The van der Waals surface area contributed by atoms with Gasteiger partial charge in [-0.15, -0.1) is 0 Å². The number of rotatable bonds is 6. The van der Waals surface area contributed by atoms with Gasteiger partial charge in [-0.2, -0.15) is 0 Å². The normalized spacial score (nSPS) is 26.6. The molecule has 0 aliphatic heterocycles. The van der Waals surface area contributed by atoms with Gasteiger partial charge in [0.05, 0.1) is 0 Å². The van der Waals surface area contributed by atoms with E-state index >= 15 is 0 Å². The lowest BCUT2D eigenvalue weighted by Gasteiger charge is -2.42. The van der Waals surface area contributed by atoms with E-state index in [-0.39, 0.29) is 0 Å². The fourth-order valence-electron chi connectivity index (χ4n) is 5.19. The Morgan fingerprint density at radius 3 is 1.55 bits per heavy atom. The molecule has 0 atom stereocenters. The Morgan fingerprint density at radius 2 is 1.05 bits per heavy atom. The zero-order chi connectivity index (χ0) is 15.0. The fourth-order valence-corrected chi connectivity index (χ4v) is 5.19. The Kier molecular flexibility index (Phi) is 7.07. The highest BCUT2D eigenvalue weighted by molar-refractivity contribution is 4.84. The Morgan fingerprint density at radius 1 is 0.591 bits per heavy atom. The van der Waals surface area contributed by atoms with Crippen LogP contribution in [0.1, 0.15) is 96.3 Å². The molecule has 3 fully saturated rings. The zero-order valence-corrected chi connectivity index (χ0v) is 14.7. The van der Waals surface area contributed by atoms with Crippen LogP contribution >= 0.6 is 0 Å². The first-order valence-corrected chi connectivity index (χ1v) is 10.4. The van der Waals surface area contributed by atoms with Gasteiger partial charge < -0.3 is 5.32 Å². The van der Waals surface area contributed by atoms with Crippen LogP contribution in [-0.2, 0) is 0 Å². The van der Waals surface area contributed by atoms with Crippen LogP contribution in [0.15, 0.2) is 0 Å². The van der Waals surface area contributed by atoms with Crippen molar-refractivity contribution in [2.45, 2.75) is 114 Å². The predicted octanol–water partition coefficient (Wildman–Crippen LogP) is 4.88. The van der Waals surface area contributed by atoms with Crippen LogP contribution in [0.2, 0.25) is 0 Å². The summed E-state index contributed by atoms with van der Waals surface area (Å²) < 4.78 is 0. The smallest absolute Gasteiger partial charge is 0.0113 e. The van der Waals surface area contributed by atoms with Gasteiger partial charge in [-0.25, -0.2) is 0 Å². The van der Waals surface area contributed by atoms with Crippen molar-refractivity contribution in [1.82, 2.24) is 10.2 Å². The van der Waals surface area contributed by atoms with Crippen molar-refractivity contribution in [1.29, 1.82) is 0 Å². The highest BCUT2D eigenvalue weighted by Crippen LogP contribution is 2.29. The van der Waals surface area contributed by atoms with Gasteiger partial charge in [0.25, 0.3) is 0 Å². The van der Waals surface area contributed by atoms with Gasteiger partial charge in [-0.3, -0.25) is 4.90 Å². The third-order valence-electron chi connectivity index (χ3n) is 6.50. The molecule has 0 amide bonds. The monoisotopic (exact) mass is 306 g/mol. The summed E-state index contributed by atoms with van der Waals surface area (Å²) in [6.45, 7) is 2.55. The van der Waals surface area contributed by atoms with E-state index in [1.165, 1.54) is 109 Å². The molecular weight excluding hydrogens is 268 g/mol. The SMILES string of the molecule is C1CCC(NCCN(C2CCCCC2)C2CCCCC2)CC1. The van der Waals surface area contributed by atoms with Crippen LogP contribution in [-0.4, -0.2) is 36.1 Å². The summed E-state index contributed by atoms with van der Waals surface area (Å²) >= 11 is 0. The van der Waals surface area contributed by atoms with Crippen LogP contribution < -0.4 is 5.32 Å². The molecule has 128 valence electrons. The Balaban J connectivity index is 1.48. The average molecular weight is 307 g/mol. The van der Waals surface area contributed by atoms with E-state index in [0.29, 0.717) is 0 Å². The number of hydrogen-bond donors (Lipinski definition) is 1. The minimum Gasteiger partial charge on any atom is -0.313 e. The minimum absolute atomic E-state index is 0.827. The third-order valence-corrected chi connectivity index (χ3v) is 6.50. The van der Waals surface area contributed by atoms with E-state index in [0.717, 1.165) is 18.1 Å². The second-order valence-electron chi connectivity index (χ2n) is 8.11. The van der Waals surface area contributed by atoms with Crippen molar-refractivity contribution in [2.24, 2.45) is 0 Å². The molecule has 2 heteroatoms. The lowest BCUT2D eigenvalue weighted by molar-refractivity contribution is 0.0804. The third kappa shape index (κ3) is 4.96. The molecule has 0 saturated heterocycles. The lowest BCUT2D eigenvalue weighted by Crippen LogP contribution is -2.48. The Hall–Kier alpha value is -0.0800. The molecule has 3 saturated carbocycles. The summed E-state index contributed by atoms with van der Waals surface area (Å²) in [5.41, 5.74) is 0. The lowest BCUT2D eigenvalue weighted by atomic mass is 9.88. The molecule has 3 aliphatic rings. The van der Waals surface area contributed by atoms with E-state index < -0.39 is 0 Å². The van der Waals surface area contributed by atoms with Crippen LogP contribution in [0.4, 0.5) is 0 Å². The van der Waals surface area contributed by atoms with Crippen molar-refractivity contribution >= 4 is 0 Å². The molecule has 2 nitrogen and oxygen atoms in total. The number of hydrogen-bond acceptors (Lipinski definition) is 2. The van der Waals surface area contributed by atoms with Crippen molar-refractivity contribution < 1.29 is 0 Å². The second-order valence-corrected chi connectivity index (χ2v) is 8.11. The van der Waals surface area contributed by atoms with Crippen molar-refractivity contribution in [3.05, 3.63) is 0 Å². The molecule has 0 aromatic carbocycles. The quantitative estimate of drug-likeness (QED) is 0.752. The number of nitrogens with one attached hydrogen (secondary N) is 1. The van der Waals surface area contributed by atoms with E-state index in [4.69, 9.17) is 0 Å². The summed E-state index contributed by atoms with van der Waals surface area (Å²) in [5.74, 6) is 0. The summed E-state index contributed by atoms with van der Waals surface area (Å²) in [5, 5.41) is 3.89. The second kappa shape index (κ2) is 9.27. The number of nitrogens with zero attached hydrogens (tertiary/aromatic N) is 1. The van der Waals surface area contributed by atoms with Gasteiger partial charge >= 0.3 is 0 Å². The summed E-state index contributed by atoms with van der Waals surface area (Å²) in [7, 11) is 0. The molecule has 0 aromatic heterocycles. The standard InChI is InChI=1S/C20H38N2/c1-4-10-18(11-5-1)21-16-17-22(19-12-6-2-7-13-19)20-14-8-3-9-15-20/h18-21H,1-17H2.